The van der Waals surface area contributed by atoms with E-state index in [4.69, 9.17) is 0 Å². The number of carboxylic acid groups (broad SMARTS) is 1. The minimum atomic E-state index is -3.89. The molecule has 0 bridgehead atoms. The molecule has 0 saturated heterocycles. The van der Waals surface area contributed by atoms with Gasteiger partial charge in [-0.15, -0.1) is 0 Å². The van der Waals surface area contributed by atoms with Gasteiger partial charge in [0.15, 0.2) is 0 Å². The second kappa shape index (κ2) is 7.80. The van der Waals surface area contributed by atoms with Crippen molar-refractivity contribution < 1.29 is 18.3 Å². The summed E-state index contributed by atoms with van der Waals surface area (Å²) < 4.78 is 27.2. The standard InChI is InChI=1S/C19H23NO4S/c1-13(2)12-18(19(21)22)20-25(23,24)17-10-8-16(9-11-17)15-6-4-14(3)5-7-15/h4-11,13,18,20H,12H2,1-3H3,(H,21,22). The van der Waals surface area contributed by atoms with E-state index < -0.39 is 22.0 Å². The zero-order valence-electron chi connectivity index (χ0n) is 14.6. The summed E-state index contributed by atoms with van der Waals surface area (Å²) in [6.45, 7) is 5.70. The van der Waals surface area contributed by atoms with Crippen molar-refractivity contribution in [2.45, 2.75) is 38.1 Å². The topological polar surface area (TPSA) is 83.5 Å². The van der Waals surface area contributed by atoms with Crippen molar-refractivity contribution in [3.05, 3.63) is 54.1 Å². The van der Waals surface area contributed by atoms with Crippen molar-refractivity contribution in [1.29, 1.82) is 0 Å². The average Bonchev–Trinajstić information content (AvgIpc) is 2.54. The highest BCUT2D eigenvalue weighted by atomic mass is 32.2. The monoisotopic (exact) mass is 361 g/mol. The van der Waals surface area contributed by atoms with Crippen LogP contribution in [0, 0.1) is 12.8 Å². The van der Waals surface area contributed by atoms with E-state index in [-0.39, 0.29) is 17.2 Å². The van der Waals surface area contributed by atoms with Crippen molar-refractivity contribution in [3.63, 3.8) is 0 Å². The van der Waals surface area contributed by atoms with E-state index in [0.29, 0.717) is 0 Å². The molecule has 0 heterocycles. The lowest BCUT2D eigenvalue weighted by Crippen LogP contribution is -2.41. The molecule has 2 aromatic rings. The van der Waals surface area contributed by atoms with Crippen LogP contribution in [-0.2, 0) is 14.8 Å². The summed E-state index contributed by atoms with van der Waals surface area (Å²) in [6.07, 6.45) is 0.232. The van der Waals surface area contributed by atoms with E-state index in [2.05, 4.69) is 4.72 Å². The highest BCUT2D eigenvalue weighted by Gasteiger charge is 2.26. The summed E-state index contributed by atoms with van der Waals surface area (Å²) >= 11 is 0. The molecule has 0 aliphatic rings. The molecule has 0 radical (unpaired) electrons. The van der Waals surface area contributed by atoms with Crippen LogP contribution in [0.5, 0.6) is 0 Å². The first-order valence-electron chi connectivity index (χ1n) is 8.11. The molecular formula is C19H23NO4S. The highest BCUT2D eigenvalue weighted by molar-refractivity contribution is 7.89. The van der Waals surface area contributed by atoms with Gasteiger partial charge in [0.2, 0.25) is 10.0 Å². The summed E-state index contributed by atoms with van der Waals surface area (Å²) in [5.41, 5.74) is 3.04. The number of aliphatic carboxylic acids is 1. The van der Waals surface area contributed by atoms with Crippen LogP contribution in [0.15, 0.2) is 53.4 Å². The normalized spacial score (nSPS) is 13.0. The zero-order valence-corrected chi connectivity index (χ0v) is 15.4. The number of benzene rings is 2. The fourth-order valence-electron chi connectivity index (χ4n) is 2.50. The van der Waals surface area contributed by atoms with Gasteiger partial charge in [0.25, 0.3) is 0 Å². The summed E-state index contributed by atoms with van der Waals surface area (Å²) in [5.74, 6) is -1.11. The second-order valence-corrected chi connectivity index (χ2v) is 8.25. The summed E-state index contributed by atoms with van der Waals surface area (Å²) in [7, 11) is -3.89. The van der Waals surface area contributed by atoms with Gasteiger partial charge >= 0.3 is 5.97 Å². The van der Waals surface area contributed by atoms with Crippen molar-refractivity contribution in [2.24, 2.45) is 5.92 Å². The smallest absolute Gasteiger partial charge is 0.321 e. The van der Waals surface area contributed by atoms with Gasteiger partial charge in [-0.2, -0.15) is 4.72 Å². The lowest BCUT2D eigenvalue weighted by atomic mass is 10.0. The fraction of sp³-hybridized carbons (Fsp3) is 0.316. The largest absolute Gasteiger partial charge is 0.480 e. The van der Waals surface area contributed by atoms with Crippen LogP contribution in [0.4, 0.5) is 0 Å². The number of aryl methyl sites for hydroxylation is 1. The number of sulfonamides is 1. The number of hydrogen-bond acceptors (Lipinski definition) is 3. The van der Waals surface area contributed by atoms with Crippen molar-refractivity contribution in [1.82, 2.24) is 4.72 Å². The summed E-state index contributed by atoms with van der Waals surface area (Å²) in [5, 5.41) is 9.22. The van der Waals surface area contributed by atoms with Crippen molar-refractivity contribution in [2.75, 3.05) is 0 Å². The SMILES string of the molecule is Cc1ccc(-c2ccc(S(=O)(=O)NC(CC(C)C)C(=O)O)cc2)cc1. The molecule has 0 spiro atoms. The molecule has 25 heavy (non-hydrogen) atoms. The van der Waals surface area contributed by atoms with Gasteiger partial charge < -0.3 is 5.11 Å². The van der Waals surface area contributed by atoms with Gasteiger partial charge in [0.05, 0.1) is 4.90 Å². The first kappa shape index (κ1) is 19.1. The molecular weight excluding hydrogens is 338 g/mol. The average molecular weight is 361 g/mol. The molecule has 0 aliphatic carbocycles. The van der Waals surface area contributed by atoms with Gasteiger partial charge in [-0.25, -0.2) is 8.42 Å². The van der Waals surface area contributed by atoms with Crippen LogP contribution < -0.4 is 4.72 Å². The van der Waals surface area contributed by atoms with Crippen molar-refractivity contribution in [3.8, 4) is 11.1 Å². The van der Waals surface area contributed by atoms with Gasteiger partial charge in [-0.1, -0.05) is 55.8 Å². The van der Waals surface area contributed by atoms with Gasteiger partial charge in [0.1, 0.15) is 6.04 Å². The molecule has 1 unspecified atom stereocenters. The molecule has 2 N–H and O–H groups in total. The van der Waals surface area contributed by atoms with Crippen LogP contribution in [-0.4, -0.2) is 25.5 Å². The number of nitrogens with one attached hydrogen (secondary N) is 1. The molecule has 0 saturated carbocycles. The Bertz CT molecular complexity index is 825. The molecule has 5 nitrogen and oxygen atoms in total. The maximum atomic E-state index is 12.4. The molecule has 1 atom stereocenters. The lowest BCUT2D eigenvalue weighted by Gasteiger charge is -2.16. The third-order valence-corrected chi connectivity index (χ3v) is 5.34. The predicted octanol–water partition coefficient (Wildman–Crippen LogP) is 3.44. The lowest BCUT2D eigenvalue weighted by molar-refractivity contribution is -0.139. The van der Waals surface area contributed by atoms with Gasteiger partial charge in [0, 0.05) is 0 Å². The van der Waals surface area contributed by atoms with E-state index in [0.717, 1.165) is 16.7 Å². The quantitative estimate of drug-likeness (QED) is 0.791. The Morgan fingerprint density at radius 3 is 1.92 bits per heavy atom. The zero-order chi connectivity index (χ0) is 18.6. The maximum absolute atomic E-state index is 12.4. The highest BCUT2D eigenvalue weighted by Crippen LogP contribution is 2.22. The van der Waals surface area contributed by atoms with Gasteiger partial charge in [-0.3, -0.25) is 4.79 Å². The van der Waals surface area contributed by atoms with E-state index in [1.54, 1.807) is 12.1 Å². The number of rotatable bonds is 7. The van der Waals surface area contributed by atoms with E-state index >= 15 is 0 Å². The molecule has 6 heteroatoms. The third-order valence-electron chi connectivity index (χ3n) is 3.85. The van der Waals surface area contributed by atoms with Crippen LogP contribution >= 0.6 is 0 Å². The molecule has 2 aromatic carbocycles. The molecule has 0 fully saturated rings. The van der Waals surface area contributed by atoms with Crippen LogP contribution in [0.3, 0.4) is 0 Å². The minimum Gasteiger partial charge on any atom is -0.480 e. The third kappa shape index (κ3) is 5.14. The Balaban J connectivity index is 2.22. The second-order valence-electron chi connectivity index (χ2n) is 6.53. The van der Waals surface area contributed by atoms with Crippen molar-refractivity contribution >= 4 is 16.0 Å². The molecule has 134 valence electrons. The maximum Gasteiger partial charge on any atom is 0.321 e. The van der Waals surface area contributed by atoms with Gasteiger partial charge in [-0.05, 0) is 42.5 Å². The molecule has 0 aromatic heterocycles. The fourth-order valence-corrected chi connectivity index (χ4v) is 3.70. The Morgan fingerprint density at radius 1 is 1.00 bits per heavy atom. The number of carboxylic acids is 1. The predicted molar refractivity (Wildman–Crippen MR) is 97.8 cm³/mol. The Labute approximate surface area is 148 Å². The van der Waals surface area contributed by atoms with Crippen LogP contribution in [0.25, 0.3) is 11.1 Å². The van der Waals surface area contributed by atoms with E-state index in [9.17, 15) is 18.3 Å². The molecule has 0 aliphatic heterocycles. The number of carbonyl (C=O) groups is 1. The van der Waals surface area contributed by atoms with Crippen LogP contribution in [0.2, 0.25) is 0 Å². The Hall–Kier alpha value is -2.18. The molecule has 2 rings (SSSR count). The first-order valence-corrected chi connectivity index (χ1v) is 9.59. The summed E-state index contributed by atoms with van der Waals surface area (Å²) in [6, 6.07) is 13.2. The Morgan fingerprint density at radius 2 is 1.48 bits per heavy atom. The minimum absolute atomic E-state index is 0.0540. The van der Waals surface area contributed by atoms with E-state index in [1.807, 2.05) is 45.0 Å². The molecule has 0 amide bonds. The van der Waals surface area contributed by atoms with E-state index in [1.165, 1.54) is 12.1 Å². The summed E-state index contributed by atoms with van der Waals surface area (Å²) in [4.78, 5) is 11.3. The Kier molecular flexibility index (Phi) is 5.98. The van der Waals surface area contributed by atoms with Crippen LogP contribution in [0.1, 0.15) is 25.8 Å². The number of hydrogen-bond donors (Lipinski definition) is 2. The first-order chi connectivity index (χ1) is 11.7.